The van der Waals surface area contributed by atoms with Crippen molar-refractivity contribution in [3.8, 4) is 11.5 Å². The van der Waals surface area contributed by atoms with Crippen LogP contribution in [-0.2, 0) is 16.1 Å². The van der Waals surface area contributed by atoms with Crippen molar-refractivity contribution in [2.24, 2.45) is 0 Å². The lowest BCUT2D eigenvalue weighted by molar-refractivity contribution is -0.130. The quantitative estimate of drug-likeness (QED) is 0.673. The Bertz CT molecular complexity index is 840. The summed E-state index contributed by atoms with van der Waals surface area (Å²) in [5.74, 6) is 1.25. The van der Waals surface area contributed by atoms with Gasteiger partial charge in [0.05, 0.1) is 13.7 Å². The Hall–Kier alpha value is -3.22. The molecule has 7 heteroatoms. The van der Waals surface area contributed by atoms with Gasteiger partial charge in [-0.25, -0.2) is 4.79 Å². The van der Waals surface area contributed by atoms with E-state index in [4.69, 9.17) is 14.2 Å². The maximum Gasteiger partial charge on any atom is 0.410 e. The van der Waals surface area contributed by atoms with E-state index in [1.165, 1.54) is 4.90 Å². The fourth-order valence-corrected chi connectivity index (χ4v) is 3.49. The molecule has 0 aliphatic carbocycles. The summed E-state index contributed by atoms with van der Waals surface area (Å²) in [5, 5.41) is 2.88. The van der Waals surface area contributed by atoms with Crippen molar-refractivity contribution in [1.29, 1.82) is 0 Å². The lowest BCUT2D eigenvalue weighted by atomic mass is 9.98. The molecular formula is C23H28N2O5. The lowest BCUT2D eigenvalue weighted by Crippen LogP contribution is -2.56. The first-order chi connectivity index (χ1) is 14.5. The first-order valence-corrected chi connectivity index (χ1v) is 10.1. The largest absolute Gasteiger partial charge is 0.497 e. The minimum Gasteiger partial charge on any atom is -0.497 e. The van der Waals surface area contributed by atoms with Gasteiger partial charge in [0.15, 0.2) is 0 Å². The smallest absolute Gasteiger partial charge is 0.410 e. The van der Waals surface area contributed by atoms with E-state index in [1.807, 2.05) is 54.6 Å². The molecule has 1 atom stereocenters. The summed E-state index contributed by atoms with van der Waals surface area (Å²) in [6, 6.07) is 16.7. The van der Waals surface area contributed by atoms with Crippen molar-refractivity contribution in [2.75, 3.05) is 26.8 Å². The summed E-state index contributed by atoms with van der Waals surface area (Å²) < 4.78 is 16.2. The fraction of sp³-hybridized carbons (Fsp3) is 0.391. The number of ether oxygens (including phenoxy) is 3. The highest BCUT2D eigenvalue weighted by molar-refractivity contribution is 5.90. The molecule has 1 aliphatic heterocycles. The van der Waals surface area contributed by atoms with E-state index < -0.39 is 11.6 Å². The molecule has 0 bridgehead atoms. The van der Waals surface area contributed by atoms with Crippen LogP contribution in [0.3, 0.4) is 0 Å². The number of amides is 2. The molecule has 0 aromatic heterocycles. The van der Waals surface area contributed by atoms with Gasteiger partial charge in [0.25, 0.3) is 0 Å². The molecule has 1 saturated heterocycles. The molecule has 1 aliphatic rings. The van der Waals surface area contributed by atoms with Gasteiger partial charge in [-0.2, -0.15) is 0 Å². The molecule has 0 spiro atoms. The van der Waals surface area contributed by atoms with Crippen molar-refractivity contribution >= 4 is 12.0 Å². The van der Waals surface area contributed by atoms with Gasteiger partial charge in [-0.15, -0.1) is 0 Å². The molecule has 1 heterocycles. The molecule has 0 radical (unpaired) electrons. The number of nitrogens with one attached hydrogen (secondary N) is 1. The molecule has 1 N–H and O–H groups in total. The third kappa shape index (κ3) is 5.23. The molecule has 1 unspecified atom stereocenters. The van der Waals surface area contributed by atoms with Crippen LogP contribution in [0.5, 0.6) is 11.5 Å². The number of rotatable bonds is 8. The van der Waals surface area contributed by atoms with Gasteiger partial charge in [0, 0.05) is 6.54 Å². The highest BCUT2D eigenvalue weighted by Gasteiger charge is 2.46. The van der Waals surface area contributed by atoms with Gasteiger partial charge in [-0.1, -0.05) is 30.3 Å². The third-order valence-electron chi connectivity index (χ3n) is 5.27. The van der Waals surface area contributed by atoms with Gasteiger partial charge in [-0.3, -0.25) is 9.69 Å². The summed E-state index contributed by atoms with van der Waals surface area (Å²) >= 11 is 0. The SMILES string of the molecule is COc1ccc(OCCNC(=O)C2(C)CCCN2C(=O)OCc2ccccc2)cc1. The molecule has 3 rings (SSSR count). The Labute approximate surface area is 176 Å². The van der Waals surface area contributed by atoms with Crippen molar-refractivity contribution in [2.45, 2.75) is 31.9 Å². The van der Waals surface area contributed by atoms with Crippen LogP contribution in [0, 0.1) is 0 Å². The van der Waals surface area contributed by atoms with Gasteiger partial charge in [0.2, 0.25) is 5.91 Å². The molecule has 0 saturated carbocycles. The topological polar surface area (TPSA) is 77.1 Å². The zero-order valence-electron chi connectivity index (χ0n) is 17.4. The average molecular weight is 412 g/mol. The van der Waals surface area contributed by atoms with Crippen molar-refractivity contribution in [3.63, 3.8) is 0 Å². The highest BCUT2D eigenvalue weighted by atomic mass is 16.6. The van der Waals surface area contributed by atoms with Crippen LogP contribution < -0.4 is 14.8 Å². The summed E-state index contributed by atoms with van der Waals surface area (Å²) in [6.45, 7) is 3.13. The summed E-state index contributed by atoms with van der Waals surface area (Å²) in [7, 11) is 1.61. The third-order valence-corrected chi connectivity index (χ3v) is 5.27. The number of carbonyl (C=O) groups excluding carboxylic acids is 2. The number of hydrogen-bond donors (Lipinski definition) is 1. The first kappa shape index (κ1) is 21.5. The van der Waals surface area contributed by atoms with E-state index in [1.54, 1.807) is 14.0 Å². The van der Waals surface area contributed by atoms with Gasteiger partial charge < -0.3 is 19.5 Å². The van der Waals surface area contributed by atoms with Crippen molar-refractivity contribution < 1.29 is 23.8 Å². The van der Waals surface area contributed by atoms with Gasteiger partial charge >= 0.3 is 6.09 Å². The molecule has 2 amide bonds. The average Bonchev–Trinajstić information content (AvgIpc) is 3.19. The van der Waals surface area contributed by atoms with Crippen LogP contribution in [0.15, 0.2) is 54.6 Å². The second-order valence-electron chi connectivity index (χ2n) is 7.35. The number of benzene rings is 2. The van der Waals surface area contributed by atoms with Crippen molar-refractivity contribution in [1.82, 2.24) is 10.2 Å². The van der Waals surface area contributed by atoms with Crippen LogP contribution >= 0.6 is 0 Å². The van der Waals surface area contributed by atoms with E-state index >= 15 is 0 Å². The van der Waals surface area contributed by atoms with E-state index in [0.29, 0.717) is 31.9 Å². The lowest BCUT2D eigenvalue weighted by Gasteiger charge is -2.33. The molecule has 7 nitrogen and oxygen atoms in total. The second-order valence-corrected chi connectivity index (χ2v) is 7.35. The molecule has 160 valence electrons. The summed E-state index contributed by atoms with van der Waals surface area (Å²) in [6.07, 6.45) is 0.883. The van der Waals surface area contributed by atoms with Gasteiger partial charge in [-0.05, 0) is 49.6 Å². The number of hydrogen-bond acceptors (Lipinski definition) is 5. The zero-order valence-corrected chi connectivity index (χ0v) is 17.4. The van der Waals surface area contributed by atoms with Crippen LogP contribution in [0.2, 0.25) is 0 Å². The monoisotopic (exact) mass is 412 g/mol. The van der Waals surface area contributed by atoms with E-state index in [-0.39, 0.29) is 12.5 Å². The van der Waals surface area contributed by atoms with Crippen LogP contribution in [0.1, 0.15) is 25.3 Å². The van der Waals surface area contributed by atoms with Crippen LogP contribution in [-0.4, -0.2) is 49.2 Å². The van der Waals surface area contributed by atoms with E-state index in [2.05, 4.69) is 5.32 Å². The summed E-state index contributed by atoms with van der Waals surface area (Å²) in [4.78, 5) is 26.9. The number of nitrogens with zero attached hydrogens (tertiary/aromatic N) is 1. The first-order valence-electron chi connectivity index (χ1n) is 10.1. The minimum atomic E-state index is -0.923. The van der Waals surface area contributed by atoms with Crippen molar-refractivity contribution in [3.05, 3.63) is 60.2 Å². The second kappa shape index (κ2) is 10.0. The Kier molecular flexibility index (Phi) is 7.17. The predicted octanol–water partition coefficient (Wildman–Crippen LogP) is 3.38. The summed E-state index contributed by atoms with van der Waals surface area (Å²) in [5.41, 5.74) is -0.0136. The number of likely N-dealkylation sites (tertiary alicyclic amines) is 1. The Morgan fingerprint density at radius 2 is 1.77 bits per heavy atom. The molecule has 1 fully saturated rings. The molecule has 30 heavy (non-hydrogen) atoms. The van der Waals surface area contributed by atoms with Gasteiger partial charge in [0.1, 0.15) is 30.3 Å². The van der Waals surface area contributed by atoms with Crippen LogP contribution in [0.25, 0.3) is 0 Å². The fourth-order valence-electron chi connectivity index (χ4n) is 3.49. The predicted molar refractivity (Wildman–Crippen MR) is 112 cm³/mol. The maximum atomic E-state index is 12.8. The van der Waals surface area contributed by atoms with E-state index in [9.17, 15) is 9.59 Å². The Balaban J connectivity index is 1.47. The number of methoxy groups -OCH3 is 1. The molecule has 2 aromatic carbocycles. The van der Waals surface area contributed by atoms with Crippen LogP contribution in [0.4, 0.5) is 4.79 Å². The maximum absolute atomic E-state index is 12.8. The molecule has 2 aromatic rings. The Morgan fingerprint density at radius 1 is 1.07 bits per heavy atom. The highest BCUT2D eigenvalue weighted by Crippen LogP contribution is 2.30. The Morgan fingerprint density at radius 3 is 2.47 bits per heavy atom. The normalized spacial score (nSPS) is 18.0. The zero-order chi connectivity index (χ0) is 21.4. The molecular weight excluding hydrogens is 384 g/mol. The van der Waals surface area contributed by atoms with E-state index in [0.717, 1.165) is 17.7 Å². The standard InChI is InChI=1S/C23H28N2O5/c1-23(21(26)24-14-16-29-20-11-9-19(28-2)10-12-20)13-6-15-25(23)22(27)30-17-18-7-4-3-5-8-18/h3-5,7-12H,6,13-17H2,1-2H3,(H,24,26). The number of carbonyl (C=O) groups is 2. The minimum absolute atomic E-state index is 0.184.